The van der Waals surface area contributed by atoms with Gasteiger partial charge in [-0.15, -0.1) is 6.58 Å². The van der Waals surface area contributed by atoms with Gasteiger partial charge in [0.2, 0.25) is 6.41 Å². The number of amides is 1. The largest absolute Gasteiger partial charge is 0.335 e. The molecule has 1 heterocycles. The average Bonchev–Trinajstić information content (AvgIpc) is 2.37. The lowest BCUT2D eigenvalue weighted by molar-refractivity contribution is -0.121. The highest BCUT2D eigenvalue weighted by Crippen LogP contribution is 2.28. The molecule has 14 heavy (non-hydrogen) atoms. The van der Waals surface area contributed by atoms with Crippen molar-refractivity contribution in [2.75, 3.05) is 18.1 Å². The Bertz CT molecular complexity index is 336. The molecule has 0 aromatic rings. The van der Waals surface area contributed by atoms with Crippen LogP contribution >= 0.6 is 0 Å². The van der Waals surface area contributed by atoms with Crippen LogP contribution < -0.4 is 0 Å². The van der Waals surface area contributed by atoms with Crippen LogP contribution in [0.2, 0.25) is 0 Å². The molecule has 1 saturated heterocycles. The van der Waals surface area contributed by atoms with Crippen LogP contribution in [0.15, 0.2) is 12.7 Å². The standard InChI is InChI=1S/C9H15NO3S/c1-3-5-10(8-11)9(2)4-6-14(12,13)7-9/h3,8H,1,4-7H2,2H3/t9-/m1/s1. The monoisotopic (exact) mass is 217 g/mol. The van der Waals surface area contributed by atoms with E-state index >= 15 is 0 Å². The second-order valence-corrected chi connectivity index (χ2v) is 6.07. The maximum Gasteiger partial charge on any atom is 0.210 e. The second kappa shape index (κ2) is 3.73. The lowest BCUT2D eigenvalue weighted by atomic mass is 10.00. The van der Waals surface area contributed by atoms with Crippen molar-refractivity contribution in [2.24, 2.45) is 0 Å². The predicted molar refractivity (Wildman–Crippen MR) is 54.6 cm³/mol. The Morgan fingerprint density at radius 1 is 1.57 bits per heavy atom. The van der Waals surface area contributed by atoms with E-state index in [0.29, 0.717) is 19.4 Å². The molecule has 0 unspecified atom stereocenters. The first kappa shape index (κ1) is 11.2. The van der Waals surface area contributed by atoms with Gasteiger partial charge in [-0.25, -0.2) is 8.42 Å². The van der Waals surface area contributed by atoms with Crippen molar-refractivity contribution in [2.45, 2.75) is 18.9 Å². The smallest absolute Gasteiger partial charge is 0.210 e. The van der Waals surface area contributed by atoms with Gasteiger partial charge < -0.3 is 4.90 Å². The quantitative estimate of drug-likeness (QED) is 0.499. The van der Waals surface area contributed by atoms with Gasteiger partial charge in [0.05, 0.1) is 17.0 Å². The molecular weight excluding hydrogens is 202 g/mol. The fraction of sp³-hybridized carbons (Fsp3) is 0.667. The first-order valence-corrected chi connectivity index (χ1v) is 6.29. The zero-order valence-corrected chi connectivity index (χ0v) is 9.09. The summed E-state index contributed by atoms with van der Waals surface area (Å²) in [5.41, 5.74) is -0.547. The zero-order valence-electron chi connectivity index (χ0n) is 8.27. The van der Waals surface area contributed by atoms with E-state index in [2.05, 4.69) is 6.58 Å². The molecule has 0 bridgehead atoms. The number of rotatable bonds is 4. The minimum atomic E-state index is -2.96. The van der Waals surface area contributed by atoms with Gasteiger partial charge in [-0.2, -0.15) is 0 Å². The summed E-state index contributed by atoms with van der Waals surface area (Å²) in [7, 11) is -2.96. The Labute approximate surface area is 84.5 Å². The van der Waals surface area contributed by atoms with Crippen LogP contribution in [0.25, 0.3) is 0 Å². The number of carbonyl (C=O) groups excluding carboxylic acids is 1. The van der Waals surface area contributed by atoms with Gasteiger partial charge in [-0.1, -0.05) is 6.08 Å². The van der Waals surface area contributed by atoms with Gasteiger partial charge in [0.1, 0.15) is 0 Å². The molecule has 1 fully saturated rings. The molecule has 0 radical (unpaired) electrons. The zero-order chi connectivity index (χ0) is 10.8. The van der Waals surface area contributed by atoms with Gasteiger partial charge in [-0.3, -0.25) is 4.79 Å². The Balaban J connectivity index is 2.85. The topological polar surface area (TPSA) is 54.5 Å². The van der Waals surface area contributed by atoms with Crippen LogP contribution in [0.3, 0.4) is 0 Å². The van der Waals surface area contributed by atoms with Gasteiger partial charge in [0, 0.05) is 6.54 Å². The van der Waals surface area contributed by atoms with Crippen molar-refractivity contribution in [3.63, 3.8) is 0 Å². The summed E-state index contributed by atoms with van der Waals surface area (Å²) >= 11 is 0. The van der Waals surface area contributed by atoms with E-state index in [9.17, 15) is 13.2 Å². The third-order valence-electron chi connectivity index (χ3n) is 2.63. The van der Waals surface area contributed by atoms with Crippen molar-refractivity contribution < 1.29 is 13.2 Å². The van der Waals surface area contributed by atoms with E-state index in [1.165, 1.54) is 4.90 Å². The highest BCUT2D eigenvalue weighted by molar-refractivity contribution is 7.91. The number of hydrogen-bond donors (Lipinski definition) is 0. The number of carbonyl (C=O) groups is 1. The Kier molecular flexibility index (Phi) is 2.99. The van der Waals surface area contributed by atoms with Gasteiger partial charge >= 0.3 is 0 Å². The first-order chi connectivity index (χ1) is 6.43. The van der Waals surface area contributed by atoms with Gasteiger partial charge in [0.15, 0.2) is 9.84 Å². The highest BCUT2D eigenvalue weighted by atomic mass is 32.2. The van der Waals surface area contributed by atoms with E-state index < -0.39 is 15.4 Å². The van der Waals surface area contributed by atoms with Gasteiger partial charge in [0.25, 0.3) is 0 Å². The molecule has 0 aliphatic carbocycles. The number of sulfone groups is 1. The minimum absolute atomic E-state index is 0.0621. The Hall–Kier alpha value is -0.840. The summed E-state index contributed by atoms with van der Waals surface area (Å²) in [4.78, 5) is 12.3. The third-order valence-corrected chi connectivity index (χ3v) is 4.52. The molecule has 1 aliphatic rings. The summed E-state index contributed by atoms with van der Waals surface area (Å²) in [5, 5.41) is 0. The molecule has 1 amide bonds. The van der Waals surface area contributed by atoms with Crippen molar-refractivity contribution in [1.82, 2.24) is 4.90 Å². The van der Waals surface area contributed by atoms with Crippen LogP contribution in [0, 0.1) is 0 Å². The normalized spacial score (nSPS) is 29.8. The molecule has 5 heteroatoms. The highest BCUT2D eigenvalue weighted by Gasteiger charge is 2.41. The summed E-state index contributed by atoms with van der Waals surface area (Å²) < 4.78 is 22.6. The fourth-order valence-electron chi connectivity index (χ4n) is 1.75. The Morgan fingerprint density at radius 2 is 2.21 bits per heavy atom. The van der Waals surface area contributed by atoms with Crippen LogP contribution in [-0.2, 0) is 14.6 Å². The lowest BCUT2D eigenvalue weighted by Crippen LogP contribution is -2.46. The van der Waals surface area contributed by atoms with Crippen molar-refractivity contribution in [3.05, 3.63) is 12.7 Å². The van der Waals surface area contributed by atoms with Crippen molar-refractivity contribution >= 4 is 16.2 Å². The van der Waals surface area contributed by atoms with Crippen molar-refractivity contribution in [1.29, 1.82) is 0 Å². The SMILES string of the molecule is C=CCN(C=O)[C@]1(C)CCS(=O)(=O)C1. The molecule has 0 saturated carbocycles. The van der Waals surface area contributed by atoms with Crippen LogP contribution in [0.1, 0.15) is 13.3 Å². The molecule has 0 spiro atoms. The lowest BCUT2D eigenvalue weighted by Gasteiger charge is -2.33. The minimum Gasteiger partial charge on any atom is -0.335 e. The van der Waals surface area contributed by atoms with Crippen LogP contribution in [-0.4, -0.2) is 43.3 Å². The van der Waals surface area contributed by atoms with E-state index in [4.69, 9.17) is 0 Å². The molecule has 4 nitrogen and oxygen atoms in total. The second-order valence-electron chi connectivity index (χ2n) is 3.89. The molecule has 0 aromatic heterocycles. The van der Waals surface area contributed by atoms with Crippen LogP contribution in [0.5, 0.6) is 0 Å². The van der Waals surface area contributed by atoms with E-state index in [1.54, 1.807) is 13.0 Å². The van der Waals surface area contributed by atoms with E-state index in [1.807, 2.05) is 0 Å². The maximum atomic E-state index is 11.3. The van der Waals surface area contributed by atoms with E-state index in [0.717, 1.165) is 0 Å². The van der Waals surface area contributed by atoms with Gasteiger partial charge in [-0.05, 0) is 13.3 Å². The molecule has 0 N–H and O–H groups in total. The molecule has 1 rings (SSSR count). The summed E-state index contributed by atoms with van der Waals surface area (Å²) in [6, 6.07) is 0. The number of hydrogen-bond acceptors (Lipinski definition) is 3. The van der Waals surface area contributed by atoms with Crippen LogP contribution in [0.4, 0.5) is 0 Å². The third kappa shape index (κ3) is 2.15. The summed E-state index contributed by atoms with van der Waals surface area (Å²) in [6.07, 6.45) is 2.81. The molecule has 0 aromatic carbocycles. The summed E-state index contributed by atoms with van der Waals surface area (Å²) in [5.74, 6) is 0.234. The molecular formula is C9H15NO3S. The molecule has 1 atom stereocenters. The van der Waals surface area contributed by atoms with Crippen molar-refractivity contribution in [3.8, 4) is 0 Å². The number of nitrogens with zero attached hydrogens (tertiary/aromatic N) is 1. The molecule has 80 valence electrons. The van der Waals surface area contributed by atoms with E-state index in [-0.39, 0.29) is 11.5 Å². The molecule has 1 aliphatic heterocycles. The first-order valence-electron chi connectivity index (χ1n) is 4.47. The Morgan fingerprint density at radius 3 is 2.57 bits per heavy atom. The maximum absolute atomic E-state index is 11.3. The average molecular weight is 217 g/mol. The predicted octanol–water partition coefficient (Wildman–Crippen LogP) is 0.208. The summed E-state index contributed by atoms with van der Waals surface area (Å²) in [6.45, 7) is 5.74. The fourth-order valence-corrected chi connectivity index (χ4v) is 3.90.